The molecule has 0 unspecified atom stereocenters. The number of nitrogens with zero attached hydrogens (tertiary/aromatic N) is 4. The van der Waals surface area contributed by atoms with Crippen molar-refractivity contribution in [1.29, 1.82) is 5.26 Å². The van der Waals surface area contributed by atoms with E-state index in [0.29, 0.717) is 17.9 Å². The summed E-state index contributed by atoms with van der Waals surface area (Å²) in [6.45, 7) is 2.88. The van der Waals surface area contributed by atoms with E-state index in [1.807, 2.05) is 0 Å². The molecule has 1 aromatic heterocycles. The number of benzene rings is 1. The van der Waals surface area contributed by atoms with Crippen LogP contribution in [-0.4, -0.2) is 26.8 Å². The largest absolute Gasteiger partial charge is 0.480 e. The molecular weight excluding hydrogens is 318 g/mol. The quantitative estimate of drug-likeness (QED) is 0.899. The molecule has 0 radical (unpaired) electrons. The number of carbonyl (C=O) groups excluding carboxylic acids is 1. The summed E-state index contributed by atoms with van der Waals surface area (Å²) in [4.78, 5) is 12.3. The number of carbonyl (C=O) groups is 1. The van der Waals surface area contributed by atoms with Crippen molar-refractivity contribution in [1.82, 2.24) is 20.1 Å². The molecule has 130 valence electrons. The molecule has 2 heterocycles. The third-order valence-corrected chi connectivity index (χ3v) is 4.29. The summed E-state index contributed by atoms with van der Waals surface area (Å²) in [6, 6.07) is 8.92. The van der Waals surface area contributed by atoms with E-state index in [-0.39, 0.29) is 5.91 Å². The SMILES string of the molecule is C[C@@H](Oc1ccccc1C#N)C(=O)NCc1nnc2n1CCCCC2. The van der Waals surface area contributed by atoms with Crippen molar-refractivity contribution in [3.05, 3.63) is 41.5 Å². The van der Waals surface area contributed by atoms with Crippen LogP contribution in [0.15, 0.2) is 24.3 Å². The van der Waals surface area contributed by atoms with E-state index in [1.165, 1.54) is 6.42 Å². The summed E-state index contributed by atoms with van der Waals surface area (Å²) in [5.74, 6) is 1.92. The lowest BCUT2D eigenvalue weighted by atomic mass is 10.2. The lowest BCUT2D eigenvalue weighted by molar-refractivity contribution is -0.127. The van der Waals surface area contributed by atoms with E-state index in [9.17, 15) is 4.79 Å². The normalized spacial score (nSPS) is 14.7. The van der Waals surface area contributed by atoms with Crippen molar-refractivity contribution in [3.8, 4) is 11.8 Å². The van der Waals surface area contributed by atoms with Gasteiger partial charge in [0.15, 0.2) is 11.9 Å². The number of fused-ring (bicyclic) bond motifs is 1. The van der Waals surface area contributed by atoms with Crippen LogP contribution in [-0.2, 0) is 24.3 Å². The standard InChI is InChI=1S/C18H21N5O2/c1-13(25-15-8-5-4-7-14(15)11-19)18(24)20-12-17-22-21-16-9-3-2-6-10-23(16)17/h4-5,7-8,13H,2-3,6,9-10,12H2,1H3,(H,20,24)/t13-/m1/s1. The lowest BCUT2D eigenvalue weighted by Gasteiger charge is -2.15. The number of nitrogens with one attached hydrogen (secondary N) is 1. The van der Waals surface area contributed by atoms with Gasteiger partial charge in [0.05, 0.1) is 12.1 Å². The topological polar surface area (TPSA) is 92.8 Å². The van der Waals surface area contributed by atoms with Crippen molar-refractivity contribution in [2.24, 2.45) is 0 Å². The second-order valence-corrected chi connectivity index (χ2v) is 6.08. The van der Waals surface area contributed by atoms with Crippen molar-refractivity contribution in [2.75, 3.05) is 0 Å². The fraction of sp³-hybridized carbons (Fsp3) is 0.444. The van der Waals surface area contributed by atoms with Gasteiger partial charge in [0.2, 0.25) is 0 Å². The van der Waals surface area contributed by atoms with Crippen LogP contribution in [0.1, 0.15) is 43.4 Å². The molecule has 1 aliphatic rings. The van der Waals surface area contributed by atoms with Crippen LogP contribution in [0.25, 0.3) is 0 Å². The average molecular weight is 339 g/mol. The molecule has 1 aliphatic heterocycles. The van der Waals surface area contributed by atoms with Crippen LogP contribution in [0.2, 0.25) is 0 Å². The molecule has 2 aromatic rings. The molecule has 1 aromatic carbocycles. The zero-order valence-corrected chi connectivity index (χ0v) is 14.2. The van der Waals surface area contributed by atoms with Crippen LogP contribution in [0.4, 0.5) is 0 Å². The van der Waals surface area contributed by atoms with E-state index in [0.717, 1.165) is 37.5 Å². The number of amides is 1. The smallest absolute Gasteiger partial charge is 0.261 e. The van der Waals surface area contributed by atoms with Crippen LogP contribution < -0.4 is 10.1 Å². The van der Waals surface area contributed by atoms with Gasteiger partial charge in [-0.15, -0.1) is 10.2 Å². The first-order valence-corrected chi connectivity index (χ1v) is 8.53. The summed E-state index contributed by atoms with van der Waals surface area (Å²) < 4.78 is 7.72. The molecule has 25 heavy (non-hydrogen) atoms. The van der Waals surface area contributed by atoms with Gasteiger partial charge in [0, 0.05) is 13.0 Å². The number of hydrogen-bond acceptors (Lipinski definition) is 5. The first-order chi connectivity index (χ1) is 12.2. The fourth-order valence-electron chi connectivity index (χ4n) is 2.89. The van der Waals surface area contributed by atoms with Crippen molar-refractivity contribution in [3.63, 3.8) is 0 Å². The molecule has 0 bridgehead atoms. The van der Waals surface area contributed by atoms with E-state index < -0.39 is 6.10 Å². The van der Waals surface area contributed by atoms with E-state index in [4.69, 9.17) is 10.00 Å². The maximum Gasteiger partial charge on any atom is 0.261 e. The number of rotatable bonds is 5. The third kappa shape index (κ3) is 3.97. The molecule has 0 fully saturated rings. The molecule has 1 amide bonds. The lowest BCUT2D eigenvalue weighted by Crippen LogP contribution is -2.36. The maximum absolute atomic E-state index is 12.3. The van der Waals surface area contributed by atoms with Crippen molar-refractivity contribution < 1.29 is 9.53 Å². The number of para-hydroxylation sites is 1. The average Bonchev–Trinajstić information content (AvgIpc) is 2.86. The Morgan fingerprint density at radius 3 is 3.04 bits per heavy atom. The van der Waals surface area contributed by atoms with Gasteiger partial charge in [0.25, 0.3) is 5.91 Å². The van der Waals surface area contributed by atoms with E-state index in [1.54, 1.807) is 31.2 Å². The van der Waals surface area contributed by atoms with Gasteiger partial charge in [-0.25, -0.2) is 0 Å². The molecular formula is C18H21N5O2. The summed E-state index contributed by atoms with van der Waals surface area (Å²) in [5, 5.41) is 20.3. The highest BCUT2D eigenvalue weighted by molar-refractivity contribution is 5.80. The predicted molar refractivity (Wildman–Crippen MR) is 90.7 cm³/mol. The first-order valence-electron chi connectivity index (χ1n) is 8.53. The van der Waals surface area contributed by atoms with Crippen LogP contribution in [0.3, 0.4) is 0 Å². The Bertz CT molecular complexity index is 793. The Kier molecular flexibility index (Phi) is 5.29. The van der Waals surface area contributed by atoms with Crippen LogP contribution >= 0.6 is 0 Å². The molecule has 0 spiro atoms. The van der Waals surface area contributed by atoms with Gasteiger partial charge in [-0.2, -0.15) is 5.26 Å². The molecule has 3 rings (SSSR count). The Balaban J connectivity index is 1.59. The molecule has 1 N–H and O–H groups in total. The third-order valence-electron chi connectivity index (χ3n) is 4.29. The van der Waals surface area contributed by atoms with Crippen molar-refractivity contribution in [2.45, 2.75) is 51.8 Å². The minimum Gasteiger partial charge on any atom is -0.480 e. The highest BCUT2D eigenvalue weighted by Crippen LogP contribution is 2.18. The number of hydrogen-bond donors (Lipinski definition) is 1. The highest BCUT2D eigenvalue weighted by atomic mass is 16.5. The van der Waals surface area contributed by atoms with Gasteiger partial charge in [-0.1, -0.05) is 18.6 Å². The Morgan fingerprint density at radius 1 is 1.36 bits per heavy atom. The zero-order chi connectivity index (χ0) is 17.6. The zero-order valence-electron chi connectivity index (χ0n) is 14.2. The number of ether oxygens (including phenoxy) is 1. The molecule has 0 saturated heterocycles. The minimum atomic E-state index is -0.707. The van der Waals surface area contributed by atoms with Gasteiger partial charge < -0.3 is 14.6 Å². The predicted octanol–water partition coefficient (Wildman–Crippen LogP) is 1.96. The van der Waals surface area contributed by atoms with Crippen LogP contribution in [0.5, 0.6) is 5.75 Å². The summed E-state index contributed by atoms with van der Waals surface area (Å²) in [5.41, 5.74) is 0.407. The molecule has 7 nitrogen and oxygen atoms in total. The second-order valence-electron chi connectivity index (χ2n) is 6.08. The first kappa shape index (κ1) is 17.0. The fourth-order valence-corrected chi connectivity index (χ4v) is 2.89. The number of nitriles is 1. The Morgan fingerprint density at radius 2 is 2.20 bits per heavy atom. The Labute approximate surface area is 146 Å². The summed E-state index contributed by atoms with van der Waals surface area (Å²) in [7, 11) is 0. The number of aromatic nitrogens is 3. The molecule has 0 saturated carbocycles. The summed E-state index contributed by atoms with van der Waals surface area (Å²) in [6.07, 6.45) is 3.66. The monoisotopic (exact) mass is 339 g/mol. The van der Waals surface area contributed by atoms with Crippen LogP contribution in [0, 0.1) is 11.3 Å². The van der Waals surface area contributed by atoms with Crippen molar-refractivity contribution >= 4 is 5.91 Å². The van der Waals surface area contributed by atoms with Gasteiger partial charge in [-0.3, -0.25) is 4.79 Å². The maximum atomic E-state index is 12.3. The molecule has 7 heteroatoms. The van der Waals surface area contributed by atoms with Gasteiger partial charge >= 0.3 is 0 Å². The van der Waals surface area contributed by atoms with E-state index >= 15 is 0 Å². The highest BCUT2D eigenvalue weighted by Gasteiger charge is 2.19. The minimum absolute atomic E-state index is 0.251. The van der Waals surface area contributed by atoms with Gasteiger partial charge in [-0.05, 0) is 31.9 Å². The second kappa shape index (κ2) is 7.79. The molecule has 0 aliphatic carbocycles. The number of aryl methyl sites for hydroxylation is 1. The van der Waals surface area contributed by atoms with E-state index in [2.05, 4.69) is 26.2 Å². The van der Waals surface area contributed by atoms with Gasteiger partial charge in [0.1, 0.15) is 17.6 Å². The Hall–Kier alpha value is -2.88. The molecule has 1 atom stereocenters. The summed E-state index contributed by atoms with van der Waals surface area (Å²) >= 11 is 0.